The zero-order chi connectivity index (χ0) is 17.1. The van der Waals surface area contributed by atoms with Gasteiger partial charge in [0.2, 0.25) is 0 Å². The molecule has 0 radical (unpaired) electrons. The Kier molecular flexibility index (Phi) is 4.75. The highest BCUT2D eigenvalue weighted by Gasteiger charge is 2.16. The van der Waals surface area contributed by atoms with Gasteiger partial charge in [0, 0.05) is 31.5 Å². The van der Waals surface area contributed by atoms with Crippen molar-refractivity contribution in [2.24, 2.45) is 0 Å². The lowest BCUT2D eigenvalue weighted by Gasteiger charge is -2.17. The molecule has 1 atom stereocenters. The summed E-state index contributed by atoms with van der Waals surface area (Å²) in [6.45, 7) is 7.65. The number of anilines is 1. The fourth-order valence-electron chi connectivity index (χ4n) is 2.58. The second kappa shape index (κ2) is 6.96. The minimum absolute atomic E-state index is 0.0285. The van der Waals surface area contributed by atoms with Crippen LogP contribution >= 0.6 is 0 Å². The maximum Gasteiger partial charge on any atom is 0.157 e. The topological polar surface area (TPSA) is 82.2 Å². The van der Waals surface area contributed by atoms with Gasteiger partial charge in [0.25, 0.3) is 0 Å². The van der Waals surface area contributed by atoms with E-state index in [4.69, 9.17) is 4.74 Å². The first-order valence-electron chi connectivity index (χ1n) is 8.08. The third-order valence-electron chi connectivity index (χ3n) is 3.90. The van der Waals surface area contributed by atoms with Crippen LogP contribution in [0.2, 0.25) is 0 Å². The van der Waals surface area contributed by atoms with Gasteiger partial charge in [-0.1, -0.05) is 13.8 Å². The summed E-state index contributed by atoms with van der Waals surface area (Å²) in [6, 6.07) is 3.92. The molecule has 1 unspecified atom stereocenters. The highest BCUT2D eigenvalue weighted by atomic mass is 16.5. The van der Waals surface area contributed by atoms with E-state index < -0.39 is 0 Å². The fraction of sp³-hybridized carbons (Fsp3) is 0.500. The summed E-state index contributed by atoms with van der Waals surface area (Å²) in [5, 5.41) is 16.1. The van der Waals surface area contributed by atoms with Gasteiger partial charge >= 0.3 is 0 Å². The summed E-state index contributed by atoms with van der Waals surface area (Å²) < 4.78 is 8.93. The Bertz CT molecular complexity index is 808. The van der Waals surface area contributed by atoms with Crippen LogP contribution in [0, 0.1) is 0 Å². The van der Waals surface area contributed by atoms with Crippen molar-refractivity contribution >= 4 is 11.5 Å². The molecule has 0 aliphatic heterocycles. The Balaban J connectivity index is 1.89. The smallest absolute Gasteiger partial charge is 0.157 e. The quantitative estimate of drug-likeness (QED) is 0.716. The van der Waals surface area contributed by atoms with E-state index in [9.17, 15) is 0 Å². The van der Waals surface area contributed by atoms with E-state index in [0.717, 1.165) is 29.5 Å². The van der Waals surface area contributed by atoms with Crippen LogP contribution in [0.3, 0.4) is 0 Å². The molecule has 0 bridgehead atoms. The molecular weight excluding hydrogens is 306 g/mol. The number of ether oxygens (including phenoxy) is 1. The molecule has 3 aromatic rings. The first-order chi connectivity index (χ1) is 11.6. The first-order valence-corrected chi connectivity index (χ1v) is 8.08. The molecule has 0 saturated heterocycles. The number of aromatic nitrogens is 6. The van der Waals surface area contributed by atoms with Gasteiger partial charge in [0.1, 0.15) is 12.1 Å². The number of nitrogens with zero attached hydrogens (tertiary/aromatic N) is 6. The van der Waals surface area contributed by atoms with Crippen molar-refractivity contribution in [1.82, 2.24) is 29.4 Å². The SMILES string of the molecule is COCCn1cnnc1C(C)Nc1cc(C(C)C)nc2ccnn12. The van der Waals surface area contributed by atoms with E-state index in [1.807, 2.05) is 16.7 Å². The molecule has 8 heteroatoms. The Morgan fingerprint density at radius 3 is 2.88 bits per heavy atom. The van der Waals surface area contributed by atoms with Crippen LogP contribution in [0.1, 0.15) is 44.2 Å². The van der Waals surface area contributed by atoms with Crippen LogP contribution in [0.15, 0.2) is 24.7 Å². The number of fused-ring (bicyclic) bond motifs is 1. The molecule has 24 heavy (non-hydrogen) atoms. The fourth-order valence-corrected chi connectivity index (χ4v) is 2.58. The summed E-state index contributed by atoms with van der Waals surface area (Å²) in [7, 11) is 1.69. The molecule has 128 valence electrons. The van der Waals surface area contributed by atoms with Crippen molar-refractivity contribution in [2.45, 2.75) is 39.3 Å². The summed E-state index contributed by atoms with van der Waals surface area (Å²) in [6.07, 6.45) is 3.48. The molecular formula is C16H23N7O. The standard InChI is InChI=1S/C16H23N7O/c1-11(2)13-9-15(23-14(20-13)5-6-18-23)19-12(3)16-21-17-10-22(16)7-8-24-4/h5-6,9-12,19H,7-8H2,1-4H3. The van der Waals surface area contributed by atoms with Crippen LogP contribution in [0.5, 0.6) is 0 Å². The van der Waals surface area contributed by atoms with Gasteiger partial charge in [-0.25, -0.2) is 4.98 Å². The van der Waals surface area contributed by atoms with Gasteiger partial charge in [-0.15, -0.1) is 10.2 Å². The number of hydrogen-bond donors (Lipinski definition) is 1. The summed E-state index contributed by atoms with van der Waals surface area (Å²) in [4.78, 5) is 4.63. The maximum atomic E-state index is 5.14. The largest absolute Gasteiger partial charge is 0.383 e. The third kappa shape index (κ3) is 3.23. The van der Waals surface area contributed by atoms with Crippen LogP contribution in [-0.2, 0) is 11.3 Å². The molecule has 3 heterocycles. The predicted molar refractivity (Wildman–Crippen MR) is 91.0 cm³/mol. The minimum Gasteiger partial charge on any atom is -0.383 e. The van der Waals surface area contributed by atoms with Gasteiger partial charge in [0.05, 0.1) is 18.8 Å². The van der Waals surface area contributed by atoms with Gasteiger partial charge in [-0.2, -0.15) is 9.61 Å². The van der Waals surface area contributed by atoms with Crippen LogP contribution in [0.4, 0.5) is 5.82 Å². The normalized spacial score (nSPS) is 12.9. The monoisotopic (exact) mass is 329 g/mol. The molecule has 1 N–H and O–H groups in total. The summed E-state index contributed by atoms with van der Waals surface area (Å²) in [5.74, 6) is 2.09. The van der Waals surface area contributed by atoms with Gasteiger partial charge in [-0.3, -0.25) is 0 Å². The highest BCUT2D eigenvalue weighted by molar-refractivity contribution is 5.50. The number of rotatable bonds is 7. The van der Waals surface area contributed by atoms with Crippen LogP contribution in [0.25, 0.3) is 5.65 Å². The Morgan fingerprint density at radius 2 is 2.12 bits per heavy atom. The highest BCUT2D eigenvalue weighted by Crippen LogP contribution is 2.22. The number of hydrogen-bond acceptors (Lipinski definition) is 6. The lowest BCUT2D eigenvalue weighted by Crippen LogP contribution is -2.17. The predicted octanol–water partition coefficient (Wildman–Crippen LogP) is 2.26. The first kappa shape index (κ1) is 16.4. The minimum atomic E-state index is -0.0285. The van der Waals surface area contributed by atoms with Crippen molar-refractivity contribution in [3.05, 3.63) is 36.2 Å². The van der Waals surface area contributed by atoms with Crippen molar-refractivity contribution < 1.29 is 4.74 Å². The molecule has 0 spiro atoms. The molecule has 0 aliphatic carbocycles. The van der Waals surface area contributed by atoms with Crippen LogP contribution < -0.4 is 5.32 Å². The van der Waals surface area contributed by atoms with Gasteiger partial charge in [0.15, 0.2) is 11.5 Å². The van der Waals surface area contributed by atoms with Crippen molar-refractivity contribution in [3.63, 3.8) is 0 Å². The molecule has 8 nitrogen and oxygen atoms in total. The Labute approximate surface area is 140 Å². The van der Waals surface area contributed by atoms with E-state index in [-0.39, 0.29) is 6.04 Å². The Hall–Kier alpha value is -2.48. The van der Waals surface area contributed by atoms with Crippen molar-refractivity contribution in [1.29, 1.82) is 0 Å². The number of methoxy groups -OCH3 is 1. The molecule has 0 aromatic carbocycles. The third-order valence-corrected chi connectivity index (χ3v) is 3.90. The zero-order valence-electron chi connectivity index (χ0n) is 14.5. The molecule has 3 rings (SSSR count). The lowest BCUT2D eigenvalue weighted by atomic mass is 10.1. The van der Waals surface area contributed by atoms with E-state index >= 15 is 0 Å². The summed E-state index contributed by atoms with van der Waals surface area (Å²) in [5.41, 5.74) is 1.86. The van der Waals surface area contributed by atoms with Gasteiger partial charge in [-0.05, 0) is 12.8 Å². The lowest BCUT2D eigenvalue weighted by molar-refractivity contribution is 0.186. The van der Waals surface area contributed by atoms with Crippen molar-refractivity contribution in [3.8, 4) is 0 Å². The van der Waals surface area contributed by atoms with E-state index in [2.05, 4.69) is 46.4 Å². The molecule has 0 amide bonds. The zero-order valence-corrected chi connectivity index (χ0v) is 14.5. The second-order valence-electron chi connectivity index (χ2n) is 6.06. The average Bonchev–Trinajstić information content (AvgIpc) is 3.21. The van der Waals surface area contributed by atoms with E-state index in [1.165, 1.54) is 0 Å². The van der Waals surface area contributed by atoms with E-state index in [1.54, 1.807) is 24.1 Å². The van der Waals surface area contributed by atoms with Crippen molar-refractivity contribution in [2.75, 3.05) is 19.0 Å². The maximum absolute atomic E-state index is 5.14. The molecule has 0 saturated carbocycles. The molecule has 0 fully saturated rings. The molecule has 3 aromatic heterocycles. The second-order valence-corrected chi connectivity index (χ2v) is 6.06. The van der Waals surface area contributed by atoms with E-state index in [0.29, 0.717) is 12.5 Å². The molecule has 0 aliphatic rings. The van der Waals surface area contributed by atoms with Gasteiger partial charge < -0.3 is 14.6 Å². The Morgan fingerprint density at radius 1 is 1.29 bits per heavy atom. The summed E-state index contributed by atoms with van der Waals surface area (Å²) >= 11 is 0. The number of nitrogens with one attached hydrogen (secondary N) is 1. The van der Waals surface area contributed by atoms with Crippen LogP contribution in [-0.4, -0.2) is 43.1 Å². The average molecular weight is 329 g/mol.